The van der Waals surface area contributed by atoms with Crippen LogP contribution < -0.4 is 9.61 Å². The summed E-state index contributed by atoms with van der Waals surface area (Å²) in [6, 6.07) is 7.59. The zero-order valence-electron chi connectivity index (χ0n) is 11.8. The van der Waals surface area contributed by atoms with Gasteiger partial charge in [0.2, 0.25) is 0 Å². The van der Waals surface area contributed by atoms with Crippen molar-refractivity contribution in [2.24, 2.45) is 0 Å². The standard InChI is InChI=1S/C13H20NO5P/c1-10(2)18-13(16)11(3)14-20(17,9-15)19-12-7-5-4-6-8-12/h4-8,10-11,15H,9H2,1-3H3,(H,14,17)/t11-,20?/m0/s1. The van der Waals surface area contributed by atoms with E-state index >= 15 is 0 Å². The van der Waals surface area contributed by atoms with Crippen LogP contribution in [-0.2, 0) is 14.1 Å². The van der Waals surface area contributed by atoms with E-state index in [0.29, 0.717) is 5.75 Å². The van der Waals surface area contributed by atoms with E-state index in [9.17, 15) is 14.5 Å². The van der Waals surface area contributed by atoms with Crippen LogP contribution in [0, 0.1) is 0 Å². The van der Waals surface area contributed by atoms with E-state index in [4.69, 9.17) is 9.26 Å². The van der Waals surface area contributed by atoms with Crippen molar-refractivity contribution >= 4 is 13.5 Å². The molecular formula is C13H20NO5P. The van der Waals surface area contributed by atoms with Crippen molar-refractivity contribution in [1.82, 2.24) is 5.09 Å². The van der Waals surface area contributed by atoms with Crippen LogP contribution in [0.3, 0.4) is 0 Å². The SMILES string of the molecule is CC(C)OC(=O)[C@H](C)NP(=O)(CO)Oc1ccccc1. The van der Waals surface area contributed by atoms with Gasteiger partial charge in [-0.25, -0.2) is 5.09 Å². The third-order valence-corrected chi connectivity index (χ3v) is 3.94. The third kappa shape index (κ3) is 5.33. The number of hydrogen-bond acceptors (Lipinski definition) is 5. The minimum absolute atomic E-state index is 0.268. The highest BCUT2D eigenvalue weighted by Crippen LogP contribution is 2.42. The summed E-state index contributed by atoms with van der Waals surface area (Å²) in [6.45, 7) is 4.94. The molecule has 1 unspecified atom stereocenters. The fraction of sp³-hybridized carbons (Fsp3) is 0.462. The van der Waals surface area contributed by atoms with Gasteiger partial charge in [-0.2, -0.15) is 0 Å². The molecule has 0 saturated heterocycles. The molecule has 0 bridgehead atoms. The molecule has 6 nitrogen and oxygen atoms in total. The number of hydrogen-bond donors (Lipinski definition) is 2. The molecule has 0 aromatic heterocycles. The minimum Gasteiger partial charge on any atom is -0.462 e. The van der Waals surface area contributed by atoms with Gasteiger partial charge in [0, 0.05) is 0 Å². The van der Waals surface area contributed by atoms with Crippen LogP contribution in [0.25, 0.3) is 0 Å². The maximum atomic E-state index is 12.4. The molecule has 112 valence electrons. The molecule has 0 fully saturated rings. The Morgan fingerprint density at radius 3 is 2.40 bits per heavy atom. The van der Waals surface area contributed by atoms with Crippen molar-refractivity contribution in [3.8, 4) is 5.75 Å². The first-order valence-corrected chi connectivity index (χ1v) is 8.10. The largest absolute Gasteiger partial charge is 0.462 e. The second-order valence-electron chi connectivity index (χ2n) is 4.56. The molecule has 0 aliphatic rings. The van der Waals surface area contributed by atoms with Crippen molar-refractivity contribution in [1.29, 1.82) is 0 Å². The van der Waals surface area contributed by atoms with Gasteiger partial charge in [-0.15, -0.1) is 0 Å². The minimum atomic E-state index is -3.57. The van der Waals surface area contributed by atoms with Gasteiger partial charge in [-0.1, -0.05) is 18.2 Å². The quantitative estimate of drug-likeness (QED) is 0.593. The Kier molecular flexibility index (Phi) is 6.20. The van der Waals surface area contributed by atoms with E-state index in [1.54, 1.807) is 44.2 Å². The zero-order chi connectivity index (χ0) is 15.2. The number of aliphatic hydroxyl groups excluding tert-OH is 1. The van der Waals surface area contributed by atoms with E-state index in [1.807, 2.05) is 0 Å². The van der Waals surface area contributed by atoms with E-state index in [0.717, 1.165) is 0 Å². The molecular weight excluding hydrogens is 281 g/mol. The van der Waals surface area contributed by atoms with E-state index < -0.39 is 25.9 Å². The fourth-order valence-corrected chi connectivity index (χ4v) is 2.78. The van der Waals surface area contributed by atoms with E-state index in [1.165, 1.54) is 6.92 Å². The summed E-state index contributed by atoms with van der Waals surface area (Å²) in [5, 5.41) is 11.8. The summed E-state index contributed by atoms with van der Waals surface area (Å²) >= 11 is 0. The molecule has 1 rings (SSSR count). The van der Waals surface area contributed by atoms with Gasteiger partial charge >= 0.3 is 13.5 Å². The molecule has 0 aliphatic heterocycles. The van der Waals surface area contributed by atoms with Crippen LogP contribution in [0.15, 0.2) is 30.3 Å². The Bertz CT molecular complexity index is 477. The fourth-order valence-electron chi connectivity index (χ4n) is 1.43. The second-order valence-corrected chi connectivity index (χ2v) is 6.63. The monoisotopic (exact) mass is 301 g/mol. The van der Waals surface area contributed by atoms with Gasteiger partial charge < -0.3 is 14.4 Å². The van der Waals surface area contributed by atoms with Crippen LogP contribution in [0.1, 0.15) is 20.8 Å². The molecule has 1 aromatic rings. The molecule has 7 heteroatoms. The number of para-hydroxylation sites is 1. The first-order chi connectivity index (χ1) is 9.36. The summed E-state index contributed by atoms with van der Waals surface area (Å²) in [7, 11) is -3.57. The van der Waals surface area contributed by atoms with Crippen LogP contribution >= 0.6 is 7.52 Å². The lowest BCUT2D eigenvalue weighted by Gasteiger charge is -2.22. The van der Waals surface area contributed by atoms with Crippen molar-refractivity contribution in [2.45, 2.75) is 32.9 Å². The highest BCUT2D eigenvalue weighted by molar-refractivity contribution is 7.57. The first-order valence-electron chi connectivity index (χ1n) is 6.29. The number of aliphatic hydroxyl groups is 1. The Hall–Kier alpha value is -1.36. The number of carbonyl (C=O) groups is 1. The smallest absolute Gasteiger partial charge is 0.342 e. The molecule has 0 radical (unpaired) electrons. The van der Waals surface area contributed by atoms with Crippen LogP contribution in [0.2, 0.25) is 0 Å². The Labute approximate surface area is 118 Å². The van der Waals surface area contributed by atoms with Crippen molar-refractivity contribution in [2.75, 3.05) is 6.35 Å². The Balaban J connectivity index is 2.70. The second kappa shape index (κ2) is 7.43. The molecule has 0 saturated carbocycles. The van der Waals surface area contributed by atoms with Gasteiger partial charge in [-0.3, -0.25) is 9.36 Å². The molecule has 0 spiro atoms. The van der Waals surface area contributed by atoms with Crippen LogP contribution in [0.5, 0.6) is 5.75 Å². The molecule has 0 heterocycles. The Morgan fingerprint density at radius 1 is 1.30 bits per heavy atom. The number of nitrogens with one attached hydrogen (secondary N) is 1. The number of benzene rings is 1. The average molecular weight is 301 g/mol. The van der Waals surface area contributed by atoms with Gasteiger partial charge in [0.15, 0.2) is 0 Å². The molecule has 0 aliphatic carbocycles. The zero-order valence-corrected chi connectivity index (χ0v) is 12.7. The highest BCUT2D eigenvalue weighted by atomic mass is 31.2. The lowest BCUT2D eigenvalue weighted by molar-refractivity contribution is -0.149. The van der Waals surface area contributed by atoms with Crippen LogP contribution in [-0.4, -0.2) is 29.6 Å². The third-order valence-electron chi connectivity index (χ3n) is 2.28. The molecule has 0 amide bonds. The Morgan fingerprint density at radius 2 is 1.90 bits per heavy atom. The van der Waals surface area contributed by atoms with Crippen molar-refractivity contribution in [3.05, 3.63) is 30.3 Å². The molecule has 2 atom stereocenters. The predicted octanol–water partition coefficient (Wildman–Crippen LogP) is 2.14. The maximum absolute atomic E-state index is 12.4. The van der Waals surface area contributed by atoms with Gasteiger partial charge in [0.05, 0.1) is 6.10 Å². The van der Waals surface area contributed by atoms with E-state index in [-0.39, 0.29) is 6.10 Å². The summed E-state index contributed by atoms with van der Waals surface area (Å²) in [6.07, 6.45) is -0.989. The summed E-state index contributed by atoms with van der Waals surface area (Å²) in [5.74, 6) is -0.202. The predicted molar refractivity (Wildman–Crippen MR) is 75.6 cm³/mol. The topological polar surface area (TPSA) is 84.9 Å². The van der Waals surface area contributed by atoms with Gasteiger partial charge in [0.25, 0.3) is 0 Å². The highest BCUT2D eigenvalue weighted by Gasteiger charge is 2.29. The summed E-state index contributed by atoms with van der Waals surface area (Å²) < 4.78 is 22.6. The average Bonchev–Trinajstić information content (AvgIpc) is 2.39. The lowest BCUT2D eigenvalue weighted by atomic mass is 10.3. The number of rotatable bonds is 7. The lowest BCUT2D eigenvalue weighted by Crippen LogP contribution is -2.36. The van der Waals surface area contributed by atoms with E-state index in [2.05, 4.69) is 5.09 Å². The van der Waals surface area contributed by atoms with Crippen molar-refractivity contribution < 1.29 is 23.7 Å². The molecule has 2 N–H and O–H groups in total. The summed E-state index contributed by atoms with van der Waals surface area (Å²) in [4.78, 5) is 11.7. The maximum Gasteiger partial charge on any atom is 0.342 e. The first kappa shape index (κ1) is 16.7. The van der Waals surface area contributed by atoms with Gasteiger partial charge in [0.1, 0.15) is 18.1 Å². The number of ether oxygens (including phenoxy) is 1. The summed E-state index contributed by atoms with van der Waals surface area (Å²) in [5.41, 5.74) is 0. The molecule has 20 heavy (non-hydrogen) atoms. The molecule has 1 aromatic carbocycles. The van der Waals surface area contributed by atoms with Gasteiger partial charge in [-0.05, 0) is 32.9 Å². The number of esters is 1. The van der Waals surface area contributed by atoms with Crippen LogP contribution in [0.4, 0.5) is 0 Å². The van der Waals surface area contributed by atoms with Crippen molar-refractivity contribution in [3.63, 3.8) is 0 Å². The number of carbonyl (C=O) groups excluding carboxylic acids is 1. The normalized spacial score (nSPS) is 15.4.